The van der Waals surface area contributed by atoms with Gasteiger partial charge in [-0.1, -0.05) is 48.6 Å². The number of carboxylic acids is 1. The van der Waals surface area contributed by atoms with Crippen LogP contribution in [0.4, 0.5) is 4.79 Å². The molecule has 0 bridgehead atoms. The van der Waals surface area contributed by atoms with Crippen molar-refractivity contribution in [1.29, 1.82) is 0 Å². The second-order valence-corrected chi connectivity index (χ2v) is 5.89. The zero-order valence-corrected chi connectivity index (χ0v) is 14.8. The summed E-state index contributed by atoms with van der Waals surface area (Å²) in [7, 11) is 0. The summed E-state index contributed by atoms with van der Waals surface area (Å²) in [6, 6.07) is 15.6. The average Bonchev–Trinajstić information content (AvgIpc) is 2.70. The number of alkyl carbamates (subject to hydrolysis) is 1. The van der Waals surface area contributed by atoms with Gasteiger partial charge in [-0.15, -0.1) is 0 Å². The number of carbonyl (C=O) groups is 2. The van der Waals surface area contributed by atoms with E-state index in [0.29, 0.717) is 11.0 Å². The van der Waals surface area contributed by atoms with E-state index < -0.39 is 23.3 Å². The van der Waals surface area contributed by atoms with Gasteiger partial charge in [0.1, 0.15) is 17.8 Å². The van der Waals surface area contributed by atoms with E-state index in [1.54, 1.807) is 30.4 Å². The molecule has 0 aliphatic heterocycles. The van der Waals surface area contributed by atoms with Crippen LogP contribution in [0.1, 0.15) is 21.5 Å². The molecular formula is C21H17NO6. The van der Waals surface area contributed by atoms with Crippen molar-refractivity contribution >= 4 is 29.1 Å². The molecule has 1 heterocycles. The summed E-state index contributed by atoms with van der Waals surface area (Å²) in [5.41, 5.74) is 0.654. The van der Waals surface area contributed by atoms with E-state index in [1.807, 2.05) is 30.3 Å². The first kappa shape index (κ1) is 18.9. The molecule has 0 radical (unpaired) electrons. The SMILES string of the molecule is O=C(NCC=Cc1ccc2oc(=O)c(C(=O)O)cc2c1)OCc1ccccc1. The summed E-state index contributed by atoms with van der Waals surface area (Å²) in [5.74, 6) is -1.34. The van der Waals surface area contributed by atoms with Gasteiger partial charge in [-0.05, 0) is 29.3 Å². The van der Waals surface area contributed by atoms with E-state index in [2.05, 4.69) is 5.32 Å². The van der Waals surface area contributed by atoms with Crippen molar-refractivity contribution in [3.8, 4) is 0 Å². The van der Waals surface area contributed by atoms with E-state index in [1.165, 1.54) is 6.07 Å². The van der Waals surface area contributed by atoms with Gasteiger partial charge in [0.25, 0.3) is 0 Å². The van der Waals surface area contributed by atoms with Gasteiger partial charge >= 0.3 is 17.7 Å². The summed E-state index contributed by atoms with van der Waals surface area (Å²) < 4.78 is 10.1. The van der Waals surface area contributed by atoms with Crippen molar-refractivity contribution in [2.75, 3.05) is 6.54 Å². The molecule has 2 N–H and O–H groups in total. The van der Waals surface area contributed by atoms with Crippen LogP contribution in [0.3, 0.4) is 0 Å². The van der Waals surface area contributed by atoms with Crippen molar-refractivity contribution in [2.45, 2.75) is 6.61 Å². The highest BCUT2D eigenvalue weighted by Crippen LogP contribution is 2.16. The van der Waals surface area contributed by atoms with Crippen molar-refractivity contribution in [3.05, 3.63) is 87.8 Å². The summed E-state index contributed by atoms with van der Waals surface area (Å²) in [4.78, 5) is 34.3. The number of hydrogen-bond acceptors (Lipinski definition) is 5. The Morgan fingerprint density at radius 1 is 1.11 bits per heavy atom. The number of carbonyl (C=O) groups excluding carboxylic acids is 1. The van der Waals surface area contributed by atoms with E-state index in [0.717, 1.165) is 11.1 Å². The Bertz CT molecular complexity index is 1080. The lowest BCUT2D eigenvalue weighted by Gasteiger charge is -2.05. The number of hydrogen-bond donors (Lipinski definition) is 2. The fourth-order valence-corrected chi connectivity index (χ4v) is 2.51. The number of nitrogens with one attached hydrogen (secondary N) is 1. The first-order valence-corrected chi connectivity index (χ1v) is 8.45. The van der Waals surface area contributed by atoms with Crippen LogP contribution in [0.5, 0.6) is 0 Å². The quantitative estimate of drug-likeness (QED) is 0.636. The van der Waals surface area contributed by atoms with Crippen LogP contribution >= 0.6 is 0 Å². The molecule has 28 heavy (non-hydrogen) atoms. The normalized spacial score (nSPS) is 10.9. The molecule has 0 unspecified atom stereocenters. The Balaban J connectivity index is 1.57. The van der Waals surface area contributed by atoms with E-state index in [-0.39, 0.29) is 13.2 Å². The summed E-state index contributed by atoms with van der Waals surface area (Å²) in [6.07, 6.45) is 2.95. The van der Waals surface area contributed by atoms with E-state index in [4.69, 9.17) is 14.3 Å². The molecule has 142 valence electrons. The minimum Gasteiger partial charge on any atom is -0.477 e. The van der Waals surface area contributed by atoms with Gasteiger partial charge in [-0.2, -0.15) is 0 Å². The van der Waals surface area contributed by atoms with Crippen LogP contribution < -0.4 is 10.9 Å². The van der Waals surface area contributed by atoms with Crippen LogP contribution in [0.25, 0.3) is 17.0 Å². The topological polar surface area (TPSA) is 106 Å². The molecule has 3 rings (SSSR count). The molecule has 7 heteroatoms. The molecule has 1 aromatic heterocycles. The Labute approximate surface area is 159 Å². The third-order valence-corrected chi connectivity index (χ3v) is 3.87. The molecule has 0 atom stereocenters. The molecule has 0 aliphatic carbocycles. The van der Waals surface area contributed by atoms with E-state index in [9.17, 15) is 14.4 Å². The predicted molar refractivity (Wildman–Crippen MR) is 103 cm³/mol. The minimum atomic E-state index is -1.34. The first-order chi connectivity index (χ1) is 13.5. The van der Waals surface area contributed by atoms with Crippen molar-refractivity contribution in [2.24, 2.45) is 0 Å². The second-order valence-electron chi connectivity index (χ2n) is 5.89. The van der Waals surface area contributed by atoms with Crippen LogP contribution in [-0.4, -0.2) is 23.7 Å². The number of ether oxygens (including phenoxy) is 1. The highest BCUT2D eigenvalue weighted by atomic mass is 16.5. The molecular weight excluding hydrogens is 362 g/mol. The maximum Gasteiger partial charge on any atom is 0.407 e. The number of amides is 1. The van der Waals surface area contributed by atoms with Gasteiger partial charge in [-0.3, -0.25) is 0 Å². The Morgan fingerprint density at radius 2 is 1.89 bits per heavy atom. The van der Waals surface area contributed by atoms with Gasteiger partial charge < -0.3 is 19.6 Å². The Hall–Kier alpha value is -3.87. The number of benzene rings is 2. The highest BCUT2D eigenvalue weighted by Gasteiger charge is 2.11. The summed E-state index contributed by atoms with van der Waals surface area (Å²) in [5, 5.41) is 12.1. The molecule has 0 aliphatic rings. The largest absolute Gasteiger partial charge is 0.477 e. The van der Waals surface area contributed by atoms with Crippen molar-refractivity contribution < 1.29 is 23.8 Å². The predicted octanol–water partition coefficient (Wildman–Crippen LogP) is 3.43. The lowest BCUT2D eigenvalue weighted by Crippen LogP contribution is -2.24. The van der Waals surface area contributed by atoms with Gasteiger partial charge in [0.15, 0.2) is 0 Å². The lowest BCUT2D eigenvalue weighted by atomic mass is 10.1. The Morgan fingerprint density at radius 3 is 2.64 bits per heavy atom. The maximum atomic E-state index is 11.7. The van der Waals surface area contributed by atoms with Gasteiger partial charge in [0.2, 0.25) is 0 Å². The molecule has 3 aromatic rings. The number of aromatic carboxylic acids is 1. The Kier molecular flexibility index (Phi) is 5.86. The second kappa shape index (κ2) is 8.68. The number of carboxylic acid groups (broad SMARTS) is 1. The standard InChI is InChI=1S/C21H17NO6/c23-19(24)17-12-16-11-14(8-9-18(16)28-20(17)25)7-4-10-22-21(26)27-13-15-5-2-1-3-6-15/h1-9,11-12H,10,13H2,(H,22,26)(H,23,24). The van der Waals surface area contributed by atoms with Gasteiger partial charge in [0, 0.05) is 11.9 Å². The minimum absolute atomic E-state index is 0.193. The molecule has 0 saturated heterocycles. The van der Waals surface area contributed by atoms with E-state index >= 15 is 0 Å². The fraction of sp³-hybridized carbons (Fsp3) is 0.0952. The molecule has 0 saturated carbocycles. The lowest BCUT2D eigenvalue weighted by molar-refractivity contribution is 0.0692. The van der Waals surface area contributed by atoms with Crippen LogP contribution in [-0.2, 0) is 11.3 Å². The monoisotopic (exact) mass is 379 g/mol. The average molecular weight is 379 g/mol. The van der Waals surface area contributed by atoms with Gasteiger partial charge in [0.05, 0.1) is 0 Å². The molecule has 1 amide bonds. The first-order valence-electron chi connectivity index (χ1n) is 8.45. The molecule has 0 fully saturated rings. The molecule has 7 nitrogen and oxygen atoms in total. The smallest absolute Gasteiger partial charge is 0.407 e. The third-order valence-electron chi connectivity index (χ3n) is 3.87. The summed E-state index contributed by atoms with van der Waals surface area (Å²) in [6.45, 7) is 0.452. The van der Waals surface area contributed by atoms with Crippen molar-refractivity contribution in [3.63, 3.8) is 0 Å². The molecule has 0 spiro atoms. The summed E-state index contributed by atoms with van der Waals surface area (Å²) >= 11 is 0. The number of rotatable bonds is 6. The van der Waals surface area contributed by atoms with Crippen LogP contribution in [0.15, 0.2) is 69.9 Å². The van der Waals surface area contributed by atoms with Crippen LogP contribution in [0.2, 0.25) is 0 Å². The van der Waals surface area contributed by atoms with Gasteiger partial charge in [-0.25, -0.2) is 14.4 Å². The van der Waals surface area contributed by atoms with Crippen molar-refractivity contribution in [1.82, 2.24) is 5.32 Å². The fourth-order valence-electron chi connectivity index (χ4n) is 2.51. The maximum absolute atomic E-state index is 11.7. The molecule has 2 aromatic carbocycles. The number of fused-ring (bicyclic) bond motifs is 1. The zero-order valence-electron chi connectivity index (χ0n) is 14.8. The zero-order chi connectivity index (χ0) is 19.9. The highest BCUT2D eigenvalue weighted by molar-refractivity contribution is 5.92. The van der Waals surface area contributed by atoms with Crippen LogP contribution in [0, 0.1) is 0 Å². The third kappa shape index (κ3) is 4.85.